The van der Waals surface area contributed by atoms with Gasteiger partial charge >= 0.3 is 0 Å². The van der Waals surface area contributed by atoms with Crippen molar-refractivity contribution in [2.45, 2.75) is 26.3 Å². The van der Waals surface area contributed by atoms with Crippen LogP contribution in [0.15, 0.2) is 12.1 Å². The van der Waals surface area contributed by atoms with E-state index in [4.69, 9.17) is 11.5 Å². The second kappa shape index (κ2) is 6.11. The molecule has 0 radical (unpaired) electrons. The highest BCUT2D eigenvalue weighted by Crippen LogP contribution is 2.26. The van der Waals surface area contributed by atoms with Crippen molar-refractivity contribution < 1.29 is 14.5 Å². The summed E-state index contributed by atoms with van der Waals surface area (Å²) >= 11 is 0. The molecule has 2 amide bonds. The fraction of sp³-hybridized carbons (Fsp3) is 0.333. The van der Waals surface area contributed by atoms with Crippen LogP contribution in [0.4, 0.5) is 11.4 Å². The molecule has 1 atom stereocenters. The van der Waals surface area contributed by atoms with Crippen LogP contribution in [0.1, 0.15) is 17.5 Å². The summed E-state index contributed by atoms with van der Waals surface area (Å²) in [5.41, 5.74) is 11.8. The van der Waals surface area contributed by atoms with Gasteiger partial charge in [0.05, 0.1) is 17.4 Å². The fourth-order valence-corrected chi connectivity index (χ4v) is 1.67. The van der Waals surface area contributed by atoms with E-state index in [-0.39, 0.29) is 12.1 Å². The highest BCUT2D eigenvalue weighted by atomic mass is 16.6. The zero-order chi connectivity index (χ0) is 15.4. The van der Waals surface area contributed by atoms with Gasteiger partial charge in [-0.1, -0.05) is 0 Å². The summed E-state index contributed by atoms with van der Waals surface area (Å²) in [5.74, 6) is -1.25. The van der Waals surface area contributed by atoms with Gasteiger partial charge in [-0.05, 0) is 25.5 Å². The monoisotopic (exact) mass is 280 g/mol. The third kappa shape index (κ3) is 3.75. The predicted molar refractivity (Wildman–Crippen MR) is 73.0 cm³/mol. The molecule has 0 aliphatic rings. The third-order valence-electron chi connectivity index (χ3n) is 2.76. The molecule has 0 heterocycles. The number of primary amides is 1. The lowest BCUT2D eigenvalue weighted by molar-refractivity contribution is -0.385. The van der Waals surface area contributed by atoms with Gasteiger partial charge in [-0.15, -0.1) is 0 Å². The van der Waals surface area contributed by atoms with Crippen LogP contribution in [0, 0.1) is 24.0 Å². The van der Waals surface area contributed by atoms with Crippen LogP contribution in [0.25, 0.3) is 0 Å². The first-order valence-electron chi connectivity index (χ1n) is 5.82. The van der Waals surface area contributed by atoms with Gasteiger partial charge in [-0.3, -0.25) is 19.7 Å². The first kappa shape index (κ1) is 15.6. The molecule has 108 valence electrons. The maximum absolute atomic E-state index is 11.8. The van der Waals surface area contributed by atoms with E-state index < -0.39 is 22.8 Å². The van der Waals surface area contributed by atoms with Gasteiger partial charge in [0.15, 0.2) is 0 Å². The Morgan fingerprint density at radius 1 is 1.35 bits per heavy atom. The lowest BCUT2D eigenvalue weighted by Crippen LogP contribution is -2.39. The minimum atomic E-state index is -1.05. The van der Waals surface area contributed by atoms with Gasteiger partial charge in [-0.25, -0.2) is 0 Å². The molecule has 5 N–H and O–H groups in total. The van der Waals surface area contributed by atoms with Gasteiger partial charge in [0, 0.05) is 17.3 Å². The molecule has 0 saturated heterocycles. The lowest BCUT2D eigenvalue weighted by Gasteiger charge is -2.13. The Balaban J connectivity index is 2.93. The van der Waals surface area contributed by atoms with E-state index in [1.54, 1.807) is 13.8 Å². The molecule has 0 fully saturated rings. The number of hydrogen-bond donors (Lipinski definition) is 3. The van der Waals surface area contributed by atoms with E-state index in [1.165, 1.54) is 12.1 Å². The van der Waals surface area contributed by atoms with E-state index in [2.05, 4.69) is 5.32 Å². The lowest BCUT2D eigenvalue weighted by atomic mass is 10.1. The first-order valence-corrected chi connectivity index (χ1v) is 5.82. The number of rotatable bonds is 5. The number of nitro benzene ring substituents is 1. The zero-order valence-electron chi connectivity index (χ0n) is 11.2. The third-order valence-corrected chi connectivity index (χ3v) is 2.76. The molecule has 8 nitrogen and oxygen atoms in total. The molecular formula is C12H16N4O4. The smallest absolute Gasteiger partial charge is 0.272 e. The summed E-state index contributed by atoms with van der Waals surface area (Å²) in [6.45, 7) is 3.19. The number of nitro groups is 1. The molecule has 0 bridgehead atoms. The summed E-state index contributed by atoms with van der Waals surface area (Å²) in [6.07, 6.45) is -0.267. The molecule has 0 spiro atoms. The van der Waals surface area contributed by atoms with Gasteiger partial charge in [0.2, 0.25) is 11.8 Å². The Morgan fingerprint density at radius 2 is 1.95 bits per heavy atom. The molecule has 8 heteroatoms. The van der Waals surface area contributed by atoms with Crippen molar-refractivity contribution in [1.82, 2.24) is 0 Å². The van der Waals surface area contributed by atoms with Crippen LogP contribution in [0.3, 0.4) is 0 Å². The second-order valence-electron chi connectivity index (χ2n) is 4.48. The maximum atomic E-state index is 11.8. The molecule has 0 aliphatic heterocycles. The normalized spacial score (nSPS) is 11.8. The van der Waals surface area contributed by atoms with E-state index >= 15 is 0 Å². The number of nitrogens with zero attached hydrogens (tertiary/aromatic N) is 1. The Kier molecular flexibility index (Phi) is 4.76. The number of benzene rings is 1. The van der Waals surface area contributed by atoms with E-state index in [0.717, 1.165) is 0 Å². The van der Waals surface area contributed by atoms with Gasteiger partial charge in [0.1, 0.15) is 0 Å². The van der Waals surface area contributed by atoms with Gasteiger partial charge in [0.25, 0.3) is 5.69 Å². The molecule has 1 unspecified atom stereocenters. The van der Waals surface area contributed by atoms with E-state index in [1.807, 2.05) is 0 Å². The summed E-state index contributed by atoms with van der Waals surface area (Å²) in [5, 5.41) is 13.3. The first-order chi connectivity index (χ1) is 9.22. The SMILES string of the molecule is Cc1cc([N+](=O)[O-])c(C)cc1NC(=O)C(N)CC(N)=O. The Bertz CT molecular complexity index is 571. The molecule has 1 aromatic rings. The number of carbonyl (C=O) groups excluding carboxylic acids is 2. The Morgan fingerprint density at radius 3 is 2.45 bits per heavy atom. The topological polar surface area (TPSA) is 141 Å². The van der Waals surface area contributed by atoms with Crippen LogP contribution < -0.4 is 16.8 Å². The molecule has 1 aromatic carbocycles. The second-order valence-corrected chi connectivity index (χ2v) is 4.48. The largest absolute Gasteiger partial charge is 0.370 e. The highest BCUT2D eigenvalue weighted by Gasteiger charge is 2.19. The number of carbonyl (C=O) groups is 2. The van der Waals surface area contributed by atoms with Crippen LogP contribution in [-0.2, 0) is 9.59 Å². The van der Waals surface area contributed by atoms with Gasteiger partial charge < -0.3 is 16.8 Å². The minimum Gasteiger partial charge on any atom is -0.370 e. The maximum Gasteiger partial charge on any atom is 0.272 e. The summed E-state index contributed by atoms with van der Waals surface area (Å²) in [6, 6.07) is 1.80. The number of anilines is 1. The van der Waals surface area contributed by atoms with Gasteiger partial charge in [-0.2, -0.15) is 0 Å². The summed E-state index contributed by atoms with van der Waals surface area (Å²) < 4.78 is 0. The average molecular weight is 280 g/mol. The minimum absolute atomic E-state index is 0.0260. The van der Waals surface area contributed by atoms with Crippen molar-refractivity contribution in [2.75, 3.05) is 5.32 Å². The van der Waals surface area contributed by atoms with Crippen molar-refractivity contribution in [3.8, 4) is 0 Å². The predicted octanol–water partition coefficient (Wildman–Crippen LogP) is 0.353. The van der Waals surface area contributed by atoms with Crippen LogP contribution in [0.2, 0.25) is 0 Å². The van der Waals surface area contributed by atoms with E-state index in [0.29, 0.717) is 16.8 Å². The quantitative estimate of drug-likeness (QED) is 0.527. The van der Waals surface area contributed by atoms with Crippen LogP contribution >= 0.6 is 0 Å². The van der Waals surface area contributed by atoms with Crippen molar-refractivity contribution >= 4 is 23.2 Å². The summed E-state index contributed by atoms with van der Waals surface area (Å²) in [7, 11) is 0. The highest BCUT2D eigenvalue weighted by molar-refractivity contribution is 5.97. The molecule has 0 aromatic heterocycles. The number of nitrogens with two attached hydrogens (primary N) is 2. The van der Waals surface area contributed by atoms with Crippen molar-refractivity contribution in [3.63, 3.8) is 0 Å². The molecule has 0 aliphatic carbocycles. The van der Waals surface area contributed by atoms with Crippen molar-refractivity contribution in [1.29, 1.82) is 0 Å². The number of nitrogens with one attached hydrogen (secondary N) is 1. The van der Waals surface area contributed by atoms with Crippen molar-refractivity contribution in [2.24, 2.45) is 11.5 Å². The molecule has 20 heavy (non-hydrogen) atoms. The fourth-order valence-electron chi connectivity index (χ4n) is 1.67. The Hall–Kier alpha value is -2.48. The van der Waals surface area contributed by atoms with Crippen molar-refractivity contribution in [3.05, 3.63) is 33.4 Å². The van der Waals surface area contributed by atoms with Crippen LogP contribution in [0.5, 0.6) is 0 Å². The molecule has 1 rings (SSSR count). The number of aryl methyl sites for hydroxylation is 2. The standard InChI is InChI=1S/C12H16N4O4/c1-6-4-10(16(19)20)7(2)3-9(6)15-12(18)8(13)5-11(14)17/h3-4,8H,5,13H2,1-2H3,(H2,14,17)(H,15,18). The number of amides is 2. The Labute approximate surface area is 115 Å². The molecular weight excluding hydrogens is 264 g/mol. The zero-order valence-corrected chi connectivity index (χ0v) is 11.2. The van der Waals surface area contributed by atoms with E-state index in [9.17, 15) is 19.7 Å². The average Bonchev–Trinajstić information content (AvgIpc) is 2.31. The molecule has 0 saturated carbocycles. The van der Waals surface area contributed by atoms with Crippen LogP contribution in [-0.4, -0.2) is 22.8 Å². The number of hydrogen-bond acceptors (Lipinski definition) is 5. The summed E-state index contributed by atoms with van der Waals surface area (Å²) in [4.78, 5) is 32.7.